The molecular formula is C15H31NO2. The maximum atomic E-state index is 9.17. The molecule has 108 valence electrons. The molecule has 0 aromatic rings. The molecule has 0 aromatic carbocycles. The highest BCUT2D eigenvalue weighted by Gasteiger charge is 2.49. The summed E-state index contributed by atoms with van der Waals surface area (Å²) in [6, 6.07) is 0. The van der Waals surface area contributed by atoms with Gasteiger partial charge in [-0.1, -0.05) is 27.7 Å². The molecule has 2 aliphatic rings. The molecule has 0 radical (unpaired) electrons. The van der Waals surface area contributed by atoms with Crippen LogP contribution in [0.5, 0.6) is 0 Å². The third-order valence-corrected chi connectivity index (χ3v) is 3.88. The molecule has 2 aliphatic carbocycles. The molecule has 2 N–H and O–H groups in total. The van der Waals surface area contributed by atoms with Gasteiger partial charge in [-0.2, -0.15) is 0 Å². The lowest BCUT2D eigenvalue weighted by Gasteiger charge is -2.23. The molecule has 2 rings (SSSR count). The zero-order valence-corrected chi connectivity index (χ0v) is 12.7. The number of ether oxygens (including phenoxy) is 1. The van der Waals surface area contributed by atoms with Gasteiger partial charge in [-0.25, -0.2) is 0 Å². The van der Waals surface area contributed by atoms with Gasteiger partial charge in [0, 0.05) is 19.1 Å². The van der Waals surface area contributed by atoms with E-state index in [1.165, 1.54) is 19.3 Å². The number of methoxy groups -OCH3 is 1. The van der Waals surface area contributed by atoms with Crippen molar-refractivity contribution in [1.82, 2.24) is 0 Å². The average Bonchev–Trinajstić information content (AvgIpc) is 2.81. The van der Waals surface area contributed by atoms with Crippen LogP contribution in [0.1, 0.15) is 59.8 Å². The van der Waals surface area contributed by atoms with Crippen LogP contribution >= 0.6 is 0 Å². The monoisotopic (exact) mass is 257 g/mol. The first-order valence-corrected chi connectivity index (χ1v) is 7.31. The number of nitrogens with two attached hydrogens (primary N) is 1. The molecule has 0 heterocycles. The topological polar surface area (TPSA) is 52.3 Å². The third-order valence-electron chi connectivity index (χ3n) is 3.88. The Balaban J connectivity index is 0.000000415. The van der Waals surface area contributed by atoms with E-state index < -0.39 is 0 Å². The normalized spacial score (nSPS) is 36.9. The van der Waals surface area contributed by atoms with Crippen LogP contribution in [-0.2, 0) is 9.53 Å². The van der Waals surface area contributed by atoms with Crippen molar-refractivity contribution >= 4 is 6.29 Å². The number of hydrogen-bond acceptors (Lipinski definition) is 3. The summed E-state index contributed by atoms with van der Waals surface area (Å²) in [4.78, 5) is 9.17. The number of carbonyl (C=O) groups excluding carboxylic acids is 1. The van der Waals surface area contributed by atoms with Gasteiger partial charge in [0.1, 0.15) is 6.29 Å². The highest BCUT2D eigenvalue weighted by Crippen LogP contribution is 2.48. The summed E-state index contributed by atoms with van der Waals surface area (Å²) in [6.07, 6.45) is 6.75. The van der Waals surface area contributed by atoms with Crippen LogP contribution in [0.4, 0.5) is 0 Å². The van der Waals surface area contributed by atoms with Crippen molar-refractivity contribution in [3.05, 3.63) is 0 Å². The van der Waals surface area contributed by atoms with Gasteiger partial charge < -0.3 is 15.3 Å². The van der Waals surface area contributed by atoms with Crippen molar-refractivity contribution in [1.29, 1.82) is 0 Å². The van der Waals surface area contributed by atoms with Gasteiger partial charge in [-0.15, -0.1) is 0 Å². The zero-order valence-electron chi connectivity index (χ0n) is 12.7. The second-order valence-electron chi connectivity index (χ2n) is 5.35. The Labute approximate surface area is 112 Å². The van der Waals surface area contributed by atoms with Gasteiger partial charge in [-0.05, 0) is 37.5 Å². The summed E-state index contributed by atoms with van der Waals surface area (Å²) in [5.74, 6) is 1.57. The first kappa shape index (κ1) is 17.6. The van der Waals surface area contributed by atoms with Crippen molar-refractivity contribution in [2.45, 2.75) is 71.4 Å². The van der Waals surface area contributed by atoms with Gasteiger partial charge in [0.15, 0.2) is 0 Å². The van der Waals surface area contributed by atoms with E-state index in [1.54, 1.807) is 7.11 Å². The Morgan fingerprint density at radius 1 is 1.33 bits per heavy atom. The van der Waals surface area contributed by atoms with E-state index in [9.17, 15) is 4.79 Å². The van der Waals surface area contributed by atoms with E-state index in [2.05, 4.69) is 6.92 Å². The van der Waals surface area contributed by atoms with Crippen LogP contribution in [-0.4, -0.2) is 25.0 Å². The second kappa shape index (κ2) is 8.65. The maximum absolute atomic E-state index is 9.17. The van der Waals surface area contributed by atoms with Gasteiger partial charge in [-0.3, -0.25) is 0 Å². The maximum Gasteiger partial charge on any atom is 0.119 e. The van der Waals surface area contributed by atoms with E-state index in [0.29, 0.717) is 12.5 Å². The number of aldehydes is 1. The molecule has 18 heavy (non-hydrogen) atoms. The molecule has 0 amide bonds. The number of rotatable bonds is 2. The largest absolute Gasteiger partial charge is 0.381 e. The van der Waals surface area contributed by atoms with Gasteiger partial charge in [0.05, 0.1) is 6.10 Å². The van der Waals surface area contributed by atoms with Gasteiger partial charge in [0.25, 0.3) is 0 Å². The second-order valence-corrected chi connectivity index (χ2v) is 5.35. The number of hydrogen-bond donors (Lipinski definition) is 1. The molecule has 3 nitrogen and oxygen atoms in total. The number of carbonyl (C=O) groups is 1. The van der Waals surface area contributed by atoms with Crippen LogP contribution in [0.25, 0.3) is 0 Å². The lowest BCUT2D eigenvalue weighted by molar-refractivity contribution is -0.107. The summed E-state index contributed by atoms with van der Waals surface area (Å²) < 4.78 is 5.37. The summed E-state index contributed by atoms with van der Waals surface area (Å²) in [5, 5.41) is 0. The molecule has 2 unspecified atom stereocenters. The zero-order chi connectivity index (χ0) is 14.2. The van der Waals surface area contributed by atoms with E-state index in [4.69, 9.17) is 10.5 Å². The SMILES string of the molecule is CC.CCC=O.COC1C[C@@H]2CC(C)C[C@]2(N)C1. The quantitative estimate of drug-likeness (QED) is 0.773. The van der Waals surface area contributed by atoms with Crippen LogP contribution in [0.15, 0.2) is 0 Å². The lowest BCUT2D eigenvalue weighted by atomic mass is 9.92. The summed E-state index contributed by atoms with van der Waals surface area (Å²) in [5.41, 5.74) is 6.47. The molecule has 4 atom stereocenters. The van der Waals surface area contributed by atoms with Gasteiger partial charge >= 0.3 is 0 Å². The molecule has 2 fully saturated rings. The first-order valence-electron chi connectivity index (χ1n) is 7.31. The summed E-state index contributed by atoms with van der Waals surface area (Å²) in [7, 11) is 1.80. The molecule has 0 spiro atoms. The highest BCUT2D eigenvalue weighted by molar-refractivity contribution is 5.48. The van der Waals surface area contributed by atoms with Crippen molar-refractivity contribution in [2.75, 3.05) is 7.11 Å². The predicted molar refractivity (Wildman–Crippen MR) is 76.5 cm³/mol. The predicted octanol–water partition coefficient (Wildman–Crippen LogP) is 3.16. The Hall–Kier alpha value is -0.410. The van der Waals surface area contributed by atoms with Crippen molar-refractivity contribution in [3.8, 4) is 0 Å². The molecule has 0 aromatic heterocycles. The van der Waals surface area contributed by atoms with Crippen LogP contribution in [0.3, 0.4) is 0 Å². The molecule has 2 saturated carbocycles. The smallest absolute Gasteiger partial charge is 0.119 e. The summed E-state index contributed by atoms with van der Waals surface area (Å²) >= 11 is 0. The minimum atomic E-state index is 0.125. The number of fused-ring (bicyclic) bond motifs is 1. The minimum absolute atomic E-state index is 0.125. The van der Waals surface area contributed by atoms with Crippen molar-refractivity contribution in [3.63, 3.8) is 0 Å². The lowest BCUT2D eigenvalue weighted by Crippen LogP contribution is -2.39. The highest BCUT2D eigenvalue weighted by atomic mass is 16.5. The molecular weight excluding hydrogens is 226 g/mol. The first-order chi connectivity index (χ1) is 8.55. The van der Waals surface area contributed by atoms with E-state index in [-0.39, 0.29) is 5.54 Å². The average molecular weight is 257 g/mol. The minimum Gasteiger partial charge on any atom is -0.381 e. The van der Waals surface area contributed by atoms with E-state index in [0.717, 1.165) is 24.5 Å². The van der Waals surface area contributed by atoms with Crippen LogP contribution < -0.4 is 5.73 Å². The van der Waals surface area contributed by atoms with Crippen molar-refractivity contribution < 1.29 is 9.53 Å². The Morgan fingerprint density at radius 2 is 1.89 bits per heavy atom. The fraction of sp³-hybridized carbons (Fsp3) is 0.933. The van der Waals surface area contributed by atoms with Crippen LogP contribution in [0.2, 0.25) is 0 Å². The standard InChI is InChI=1S/C10H19NO.C3H6O.C2H6/c1-7-3-8-4-9(12-2)6-10(8,11)5-7;1-2-3-4;1-2/h7-9H,3-6,11H2,1-2H3;3H,2H2,1H3;1-2H3/t7?,8-,9?,10-;;/m0../s1. The van der Waals surface area contributed by atoms with E-state index >= 15 is 0 Å². The fourth-order valence-electron chi connectivity index (χ4n) is 3.20. The van der Waals surface area contributed by atoms with Crippen molar-refractivity contribution in [2.24, 2.45) is 17.6 Å². The van der Waals surface area contributed by atoms with Gasteiger partial charge in [0.2, 0.25) is 0 Å². The Kier molecular flexibility index (Phi) is 8.45. The molecule has 0 bridgehead atoms. The Morgan fingerprint density at radius 3 is 2.28 bits per heavy atom. The molecule has 3 heteroatoms. The Bertz CT molecular complexity index is 233. The van der Waals surface area contributed by atoms with Crippen LogP contribution in [0, 0.1) is 11.8 Å². The third kappa shape index (κ3) is 4.69. The fourth-order valence-corrected chi connectivity index (χ4v) is 3.20. The molecule has 0 aliphatic heterocycles. The van der Waals surface area contributed by atoms with E-state index in [1.807, 2.05) is 20.8 Å². The summed E-state index contributed by atoms with van der Waals surface area (Å²) in [6.45, 7) is 8.13. The molecule has 0 saturated heterocycles.